The largest absolute Gasteiger partial charge is 0.495 e. The van der Waals surface area contributed by atoms with Crippen molar-refractivity contribution >= 4 is 39.1 Å². The highest BCUT2D eigenvalue weighted by Crippen LogP contribution is 2.33. The van der Waals surface area contributed by atoms with E-state index >= 15 is 0 Å². The summed E-state index contributed by atoms with van der Waals surface area (Å²) < 4.78 is 34.5. The van der Waals surface area contributed by atoms with E-state index < -0.39 is 28.5 Å². The van der Waals surface area contributed by atoms with E-state index in [4.69, 9.17) is 16.3 Å². The Kier molecular flexibility index (Phi) is 10.6. The molecule has 3 aromatic carbocycles. The number of nitrogens with zero attached hydrogens (tertiary/aromatic N) is 2. The van der Waals surface area contributed by atoms with Crippen LogP contribution in [0.25, 0.3) is 0 Å². The fourth-order valence-electron chi connectivity index (χ4n) is 4.11. The van der Waals surface area contributed by atoms with E-state index in [1.165, 1.54) is 24.1 Å². The first-order valence-electron chi connectivity index (χ1n) is 13.0. The minimum atomic E-state index is -4.20. The SMILES string of the molecule is CC[C@@H](C)NC(=O)[C@H](C)N(Cc1cccc(Cl)c1)C(=O)CN(c1cc(C)ccc1OC)S(=O)(=O)c1ccccc1. The molecule has 0 fully saturated rings. The summed E-state index contributed by atoms with van der Waals surface area (Å²) in [5.41, 5.74) is 1.71. The van der Waals surface area contributed by atoms with Crippen LogP contribution < -0.4 is 14.4 Å². The molecule has 3 aromatic rings. The Hall–Kier alpha value is -3.56. The molecule has 2 amide bonds. The van der Waals surface area contributed by atoms with Crippen LogP contribution in [0.3, 0.4) is 0 Å². The number of methoxy groups -OCH3 is 1. The van der Waals surface area contributed by atoms with Crippen LogP contribution in [0.15, 0.2) is 77.7 Å². The molecular weight excluding hydrogens is 550 g/mol. The van der Waals surface area contributed by atoms with Crippen molar-refractivity contribution in [3.05, 3.63) is 88.9 Å². The molecule has 1 N–H and O–H groups in total. The van der Waals surface area contributed by atoms with E-state index in [9.17, 15) is 18.0 Å². The molecule has 0 unspecified atom stereocenters. The summed E-state index contributed by atoms with van der Waals surface area (Å²) in [6.45, 7) is 6.78. The Labute approximate surface area is 241 Å². The van der Waals surface area contributed by atoms with Gasteiger partial charge in [0.1, 0.15) is 18.3 Å². The van der Waals surface area contributed by atoms with Gasteiger partial charge < -0.3 is 15.0 Å². The van der Waals surface area contributed by atoms with E-state index in [-0.39, 0.29) is 29.1 Å². The van der Waals surface area contributed by atoms with E-state index in [1.54, 1.807) is 67.6 Å². The summed E-state index contributed by atoms with van der Waals surface area (Å²) in [5.74, 6) is -0.605. The predicted molar refractivity (Wildman–Crippen MR) is 158 cm³/mol. The summed E-state index contributed by atoms with van der Waals surface area (Å²) in [6.07, 6.45) is 0.719. The number of anilines is 1. The Bertz CT molecular complexity index is 1430. The molecular formula is C30H36ClN3O5S. The molecule has 3 rings (SSSR count). The second-order valence-corrected chi connectivity index (χ2v) is 11.9. The fourth-order valence-corrected chi connectivity index (χ4v) is 5.76. The fraction of sp³-hybridized carbons (Fsp3) is 0.333. The summed E-state index contributed by atoms with van der Waals surface area (Å²) in [6, 6.07) is 19.0. The number of rotatable bonds is 12. The average Bonchev–Trinajstić information content (AvgIpc) is 2.94. The van der Waals surface area contributed by atoms with Crippen LogP contribution in [0.1, 0.15) is 38.3 Å². The molecule has 8 nitrogen and oxygen atoms in total. The molecule has 0 aliphatic carbocycles. The zero-order valence-electron chi connectivity index (χ0n) is 23.4. The number of nitrogens with one attached hydrogen (secondary N) is 1. The van der Waals surface area contributed by atoms with Gasteiger partial charge in [0.25, 0.3) is 10.0 Å². The summed E-state index contributed by atoms with van der Waals surface area (Å²) in [5, 5.41) is 3.40. The topological polar surface area (TPSA) is 96.0 Å². The number of hydrogen-bond donors (Lipinski definition) is 1. The molecule has 214 valence electrons. The number of hydrogen-bond acceptors (Lipinski definition) is 5. The minimum absolute atomic E-state index is 0.0234. The first-order chi connectivity index (χ1) is 19.0. The second kappa shape index (κ2) is 13.7. The maximum Gasteiger partial charge on any atom is 0.264 e. The summed E-state index contributed by atoms with van der Waals surface area (Å²) in [7, 11) is -2.76. The molecule has 0 aliphatic rings. The lowest BCUT2D eigenvalue weighted by Gasteiger charge is -2.33. The molecule has 0 aliphatic heterocycles. The minimum Gasteiger partial charge on any atom is -0.495 e. The summed E-state index contributed by atoms with van der Waals surface area (Å²) >= 11 is 6.19. The quantitative estimate of drug-likeness (QED) is 0.316. The van der Waals surface area contributed by atoms with Gasteiger partial charge >= 0.3 is 0 Å². The van der Waals surface area contributed by atoms with Crippen molar-refractivity contribution in [3.63, 3.8) is 0 Å². The van der Waals surface area contributed by atoms with Crippen molar-refractivity contribution in [1.82, 2.24) is 10.2 Å². The van der Waals surface area contributed by atoms with E-state index in [0.717, 1.165) is 16.3 Å². The van der Waals surface area contributed by atoms with Crippen LogP contribution in [0.2, 0.25) is 5.02 Å². The van der Waals surface area contributed by atoms with Gasteiger partial charge in [-0.2, -0.15) is 0 Å². The standard InChI is InChI=1S/C30H36ClN3O5S/c1-6-22(3)32-30(36)23(4)33(19-24-11-10-12-25(31)18-24)29(35)20-34(27-17-21(2)15-16-28(27)39-5)40(37,38)26-13-8-7-9-14-26/h7-18,22-23H,6,19-20H2,1-5H3,(H,32,36)/t22-,23+/m1/s1. The molecule has 0 radical (unpaired) electrons. The van der Waals surface area contributed by atoms with Crippen molar-refractivity contribution in [3.8, 4) is 5.75 Å². The van der Waals surface area contributed by atoms with E-state index in [1.807, 2.05) is 20.8 Å². The highest BCUT2D eigenvalue weighted by Gasteiger charge is 2.34. The molecule has 0 aromatic heterocycles. The van der Waals surface area contributed by atoms with Crippen molar-refractivity contribution in [2.45, 2.75) is 57.6 Å². The molecule has 0 heterocycles. The van der Waals surface area contributed by atoms with Gasteiger partial charge in [0.2, 0.25) is 11.8 Å². The zero-order chi connectivity index (χ0) is 29.4. The molecule has 0 bridgehead atoms. The van der Waals surface area contributed by atoms with Crippen molar-refractivity contribution in [1.29, 1.82) is 0 Å². The number of sulfonamides is 1. The molecule has 2 atom stereocenters. The van der Waals surface area contributed by atoms with E-state index in [2.05, 4.69) is 5.32 Å². The number of carbonyl (C=O) groups is 2. The second-order valence-electron chi connectivity index (χ2n) is 9.65. The van der Waals surface area contributed by atoms with Crippen LogP contribution >= 0.6 is 11.6 Å². The molecule has 10 heteroatoms. The van der Waals surface area contributed by atoms with Gasteiger partial charge in [-0.25, -0.2) is 8.42 Å². The number of carbonyl (C=O) groups excluding carboxylic acids is 2. The molecule has 0 saturated heterocycles. The van der Waals surface area contributed by atoms with Gasteiger partial charge in [-0.05, 0) is 74.7 Å². The lowest BCUT2D eigenvalue weighted by Crippen LogP contribution is -2.52. The monoisotopic (exact) mass is 585 g/mol. The normalized spacial score (nSPS) is 12.8. The number of amides is 2. The smallest absolute Gasteiger partial charge is 0.264 e. The molecule has 0 spiro atoms. The number of aryl methyl sites for hydroxylation is 1. The van der Waals surface area contributed by atoms with Gasteiger partial charge in [0.15, 0.2) is 0 Å². The maximum absolute atomic E-state index is 14.0. The van der Waals surface area contributed by atoms with Crippen LogP contribution in [0.4, 0.5) is 5.69 Å². The third kappa shape index (κ3) is 7.55. The molecule has 0 saturated carbocycles. The number of benzene rings is 3. The third-order valence-corrected chi connectivity index (χ3v) is 8.63. The zero-order valence-corrected chi connectivity index (χ0v) is 25.0. The van der Waals surface area contributed by atoms with Crippen LogP contribution in [-0.2, 0) is 26.2 Å². The van der Waals surface area contributed by atoms with Gasteiger partial charge in [-0.3, -0.25) is 13.9 Å². The Morgan fingerprint density at radius 2 is 1.70 bits per heavy atom. The number of halogens is 1. The number of ether oxygens (including phenoxy) is 1. The average molecular weight is 586 g/mol. The van der Waals surface area contributed by atoms with Gasteiger partial charge in [-0.1, -0.05) is 54.9 Å². The van der Waals surface area contributed by atoms with Gasteiger partial charge in [-0.15, -0.1) is 0 Å². The van der Waals surface area contributed by atoms with Crippen LogP contribution in [-0.4, -0.2) is 50.9 Å². The Balaban J connectivity index is 2.08. The predicted octanol–water partition coefficient (Wildman–Crippen LogP) is 5.18. The van der Waals surface area contributed by atoms with Gasteiger partial charge in [0.05, 0.1) is 17.7 Å². The highest BCUT2D eigenvalue weighted by molar-refractivity contribution is 7.92. The van der Waals surface area contributed by atoms with Crippen LogP contribution in [0, 0.1) is 6.92 Å². The Morgan fingerprint density at radius 3 is 2.33 bits per heavy atom. The first kappa shape index (κ1) is 31.0. The van der Waals surface area contributed by atoms with Crippen molar-refractivity contribution < 1.29 is 22.7 Å². The maximum atomic E-state index is 14.0. The van der Waals surface area contributed by atoms with E-state index in [0.29, 0.717) is 16.3 Å². The summed E-state index contributed by atoms with van der Waals surface area (Å²) in [4.78, 5) is 28.6. The first-order valence-corrected chi connectivity index (χ1v) is 14.9. The third-order valence-electron chi connectivity index (χ3n) is 6.62. The van der Waals surface area contributed by atoms with Gasteiger partial charge in [0, 0.05) is 17.6 Å². The lowest BCUT2D eigenvalue weighted by molar-refractivity contribution is -0.139. The lowest BCUT2D eigenvalue weighted by atomic mass is 10.1. The Morgan fingerprint density at radius 1 is 1.00 bits per heavy atom. The highest BCUT2D eigenvalue weighted by atomic mass is 35.5. The van der Waals surface area contributed by atoms with Crippen molar-refractivity contribution in [2.24, 2.45) is 0 Å². The van der Waals surface area contributed by atoms with Crippen molar-refractivity contribution in [2.75, 3.05) is 18.0 Å². The van der Waals surface area contributed by atoms with Crippen LogP contribution in [0.5, 0.6) is 5.75 Å². The molecule has 40 heavy (non-hydrogen) atoms.